The molecule has 1 aliphatic carbocycles. The highest BCUT2D eigenvalue weighted by atomic mass is 16.3. The van der Waals surface area contributed by atoms with Crippen molar-refractivity contribution in [1.82, 2.24) is 14.8 Å². The van der Waals surface area contributed by atoms with Gasteiger partial charge < -0.3 is 19.9 Å². The number of aromatic nitrogens is 1. The molecule has 2 aromatic rings. The minimum Gasteiger partial charge on any atom is -0.396 e. The van der Waals surface area contributed by atoms with Gasteiger partial charge in [-0.1, -0.05) is 36.4 Å². The number of aliphatic hydroxyl groups is 1. The Bertz CT molecular complexity index is 1060. The van der Waals surface area contributed by atoms with Gasteiger partial charge in [-0.05, 0) is 31.4 Å². The minimum atomic E-state index is -0.747. The maximum atomic E-state index is 13.5. The van der Waals surface area contributed by atoms with E-state index >= 15 is 0 Å². The number of hydrogen-bond acceptors (Lipinski definition) is 4. The van der Waals surface area contributed by atoms with Gasteiger partial charge in [0.15, 0.2) is 0 Å². The third-order valence-electron chi connectivity index (χ3n) is 7.06. The Morgan fingerprint density at radius 1 is 1.13 bits per heavy atom. The molecule has 162 valence electrons. The molecule has 31 heavy (non-hydrogen) atoms. The molecule has 7 nitrogen and oxygen atoms in total. The third kappa shape index (κ3) is 3.28. The number of rotatable bonds is 5. The van der Waals surface area contributed by atoms with Crippen LogP contribution >= 0.6 is 0 Å². The van der Waals surface area contributed by atoms with Crippen molar-refractivity contribution in [3.63, 3.8) is 0 Å². The van der Waals surface area contributed by atoms with E-state index in [-0.39, 0.29) is 47.9 Å². The number of benzene rings is 1. The van der Waals surface area contributed by atoms with Gasteiger partial charge in [0, 0.05) is 42.7 Å². The second-order valence-electron chi connectivity index (χ2n) is 8.96. The van der Waals surface area contributed by atoms with Crippen molar-refractivity contribution in [3.8, 4) is 0 Å². The molecule has 0 bridgehead atoms. The van der Waals surface area contributed by atoms with Gasteiger partial charge in [-0.25, -0.2) is 0 Å². The van der Waals surface area contributed by atoms with Gasteiger partial charge in [0.05, 0.1) is 12.1 Å². The van der Waals surface area contributed by atoms with E-state index in [4.69, 9.17) is 0 Å². The number of nitrogens with zero attached hydrogens (tertiary/aromatic N) is 2. The molecule has 3 heterocycles. The summed E-state index contributed by atoms with van der Waals surface area (Å²) in [5.74, 6) is -0.933. The SMILES string of the molecule is C[C@@H](NC(=O)[C@H]1[C@H](CO)[C@H]2Cn3c(cccc3=O)[C@H]2N1C(=O)C1CC1)c1ccccc1. The number of nitrogens with one attached hydrogen (secondary N) is 1. The average molecular weight is 421 g/mol. The van der Waals surface area contributed by atoms with Gasteiger partial charge in [0.2, 0.25) is 11.8 Å². The summed E-state index contributed by atoms with van der Waals surface area (Å²) >= 11 is 0. The fourth-order valence-corrected chi connectivity index (χ4v) is 5.35. The number of hydrogen-bond donors (Lipinski definition) is 2. The van der Waals surface area contributed by atoms with E-state index in [1.54, 1.807) is 15.5 Å². The van der Waals surface area contributed by atoms with Gasteiger partial charge in [-0.3, -0.25) is 14.4 Å². The summed E-state index contributed by atoms with van der Waals surface area (Å²) in [4.78, 5) is 40.9. The molecule has 2 N–H and O–H groups in total. The van der Waals surface area contributed by atoms with E-state index in [0.717, 1.165) is 24.1 Å². The predicted molar refractivity (Wildman–Crippen MR) is 114 cm³/mol. The summed E-state index contributed by atoms with van der Waals surface area (Å²) in [5.41, 5.74) is 1.63. The molecule has 5 atom stereocenters. The van der Waals surface area contributed by atoms with Crippen LogP contribution in [0.2, 0.25) is 0 Å². The Balaban J connectivity index is 1.50. The van der Waals surface area contributed by atoms with Crippen LogP contribution in [-0.2, 0) is 16.1 Å². The Morgan fingerprint density at radius 3 is 2.55 bits per heavy atom. The van der Waals surface area contributed by atoms with Crippen molar-refractivity contribution < 1.29 is 14.7 Å². The summed E-state index contributed by atoms with van der Waals surface area (Å²) in [7, 11) is 0. The van der Waals surface area contributed by atoms with Crippen LogP contribution < -0.4 is 10.9 Å². The molecule has 1 aromatic carbocycles. The molecule has 7 heteroatoms. The van der Waals surface area contributed by atoms with Crippen LogP contribution in [0.4, 0.5) is 0 Å². The van der Waals surface area contributed by atoms with Crippen LogP contribution in [0.1, 0.15) is 43.1 Å². The van der Waals surface area contributed by atoms with Crippen molar-refractivity contribution in [2.24, 2.45) is 17.8 Å². The summed E-state index contributed by atoms with van der Waals surface area (Å²) in [6, 6.07) is 13.4. The Labute approximate surface area is 180 Å². The smallest absolute Gasteiger partial charge is 0.250 e. The topological polar surface area (TPSA) is 91.6 Å². The lowest BCUT2D eigenvalue weighted by atomic mass is 9.88. The van der Waals surface area contributed by atoms with Crippen LogP contribution in [0, 0.1) is 17.8 Å². The summed E-state index contributed by atoms with van der Waals surface area (Å²) in [6.07, 6.45) is 1.65. The molecule has 2 aliphatic heterocycles. The van der Waals surface area contributed by atoms with Gasteiger partial charge in [0.25, 0.3) is 5.56 Å². The Hall–Kier alpha value is -2.93. The Morgan fingerprint density at radius 2 is 1.87 bits per heavy atom. The number of aliphatic hydroxyl groups excluding tert-OH is 1. The summed E-state index contributed by atoms with van der Waals surface area (Å²) in [5, 5.41) is 13.3. The van der Waals surface area contributed by atoms with E-state index in [1.165, 1.54) is 6.07 Å². The third-order valence-corrected chi connectivity index (χ3v) is 7.06. The van der Waals surface area contributed by atoms with E-state index in [1.807, 2.05) is 43.3 Å². The molecule has 1 aromatic heterocycles. The highest BCUT2D eigenvalue weighted by Gasteiger charge is 2.58. The number of fused-ring (bicyclic) bond motifs is 3. The fraction of sp³-hybridized carbons (Fsp3) is 0.458. The van der Waals surface area contributed by atoms with Gasteiger partial charge in [-0.15, -0.1) is 0 Å². The molecular formula is C24H27N3O4. The molecule has 0 radical (unpaired) electrons. The zero-order valence-electron chi connectivity index (χ0n) is 17.5. The molecule has 2 amide bonds. The zero-order chi connectivity index (χ0) is 21.7. The molecule has 0 spiro atoms. The average Bonchev–Trinajstić information content (AvgIpc) is 3.48. The van der Waals surface area contributed by atoms with Crippen LogP contribution in [-0.4, -0.2) is 39.0 Å². The molecule has 3 aliphatic rings. The fourth-order valence-electron chi connectivity index (χ4n) is 5.35. The van der Waals surface area contributed by atoms with Gasteiger partial charge in [0.1, 0.15) is 6.04 Å². The first-order valence-electron chi connectivity index (χ1n) is 11.0. The van der Waals surface area contributed by atoms with E-state index in [9.17, 15) is 19.5 Å². The highest BCUT2D eigenvalue weighted by Crippen LogP contribution is 2.51. The van der Waals surface area contributed by atoms with Crippen LogP contribution in [0.3, 0.4) is 0 Å². The number of amides is 2. The van der Waals surface area contributed by atoms with Crippen LogP contribution in [0.25, 0.3) is 0 Å². The first-order chi connectivity index (χ1) is 15.0. The maximum absolute atomic E-state index is 13.5. The molecule has 2 fully saturated rings. The second kappa shape index (κ2) is 7.64. The molecule has 5 rings (SSSR count). The van der Waals surface area contributed by atoms with Crippen molar-refractivity contribution in [3.05, 3.63) is 70.1 Å². The lowest BCUT2D eigenvalue weighted by Gasteiger charge is -2.32. The molecule has 1 saturated heterocycles. The zero-order valence-corrected chi connectivity index (χ0v) is 17.5. The Kier molecular flexibility index (Phi) is 4.93. The van der Waals surface area contributed by atoms with Crippen LogP contribution in [0.5, 0.6) is 0 Å². The minimum absolute atomic E-state index is 0.0387. The number of likely N-dealkylation sites (tertiary alicyclic amines) is 1. The van der Waals surface area contributed by atoms with Gasteiger partial charge in [-0.2, -0.15) is 0 Å². The molecular weight excluding hydrogens is 394 g/mol. The molecule has 1 saturated carbocycles. The largest absolute Gasteiger partial charge is 0.396 e. The van der Waals surface area contributed by atoms with Crippen molar-refractivity contribution in [1.29, 1.82) is 0 Å². The highest BCUT2D eigenvalue weighted by molar-refractivity contribution is 5.91. The lowest BCUT2D eigenvalue weighted by molar-refractivity contribution is -0.143. The molecule has 0 unspecified atom stereocenters. The first-order valence-corrected chi connectivity index (χ1v) is 11.0. The lowest BCUT2D eigenvalue weighted by Crippen LogP contribution is -2.51. The summed E-state index contributed by atoms with van der Waals surface area (Å²) < 4.78 is 1.69. The number of carbonyl (C=O) groups is 2. The number of pyridine rings is 1. The van der Waals surface area contributed by atoms with Crippen molar-refractivity contribution in [2.75, 3.05) is 6.61 Å². The second-order valence-corrected chi connectivity index (χ2v) is 8.96. The van der Waals surface area contributed by atoms with E-state index in [2.05, 4.69) is 5.32 Å². The normalized spacial score (nSPS) is 27.5. The van der Waals surface area contributed by atoms with Gasteiger partial charge >= 0.3 is 0 Å². The van der Waals surface area contributed by atoms with Crippen molar-refractivity contribution in [2.45, 2.75) is 44.4 Å². The van der Waals surface area contributed by atoms with Crippen LogP contribution in [0.15, 0.2) is 53.3 Å². The monoisotopic (exact) mass is 421 g/mol. The standard InChI is InChI=1S/C24H27N3O4/c1-14(15-6-3-2-4-7-15)25-23(30)22-18(13-28)17-12-26-19(8-5-9-20(26)29)21(17)27(22)24(31)16-10-11-16/h2-9,14,16-18,21-22,28H,10-13H2,1H3,(H,25,30)/t14-,17-,18-,21+,22-/m1/s1. The quantitative estimate of drug-likeness (QED) is 0.768. The predicted octanol–water partition coefficient (Wildman–Crippen LogP) is 1.63. The maximum Gasteiger partial charge on any atom is 0.250 e. The number of carbonyl (C=O) groups excluding carboxylic acids is 2. The van der Waals surface area contributed by atoms with E-state index < -0.39 is 12.0 Å². The van der Waals surface area contributed by atoms with E-state index in [0.29, 0.717) is 6.54 Å². The first kappa shape index (κ1) is 20.0. The van der Waals surface area contributed by atoms with Crippen molar-refractivity contribution >= 4 is 11.8 Å². The summed E-state index contributed by atoms with van der Waals surface area (Å²) in [6.45, 7) is 2.12.